The number of nitrogen functional groups attached to an aromatic ring is 1. The van der Waals surface area contributed by atoms with Crippen molar-refractivity contribution in [2.45, 2.75) is 12.8 Å². The van der Waals surface area contributed by atoms with Crippen molar-refractivity contribution in [3.05, 3.63) is 57.0 Å². The van der Waals surface area contributed by atoms with Crippen LogP contribution in [0, 0.1) is 0 Å². The second kappa shape index (κ2) is 6.15. The lowest BCUT2D eigenvalue weighted by molar-refractivity contribution is -0.138. The first kappa shape index (κ1) is 16.0. The van der Waals surface area contributed by atoms with Crippen molar-refractivity contribution < 1.29 is 17.9 Å². The lowest BCUT2D eigenvalue weighted by atomic mass is 10.1. The number of nitrogens with two attached hydrogens (primary N) is 1. The molecule has 0 atom stereocenters. The van der Waals surface area contributed by atoms with Crippen LogP contribution in [0.4, 0.5) is 18.9 Å². The van der Waals surface area contributed by atoms with Gasteiger partial charge in [-0.25, -0.2) is 0 Å². The van der Waals surface area contributed by atoms with Crippen LogP contribution in [0.5, 0.6) is 5.75 Å². The van der Waals surface area contributed by atoms with Gasteiger partial charge in [0.1, 0.15) is 12.4 Å². The number of halogens is 5. The smallest absolute Gasteiger partial charge is 0.416 e. The second-order valence-corrected chi connectivity index (χ2v) is 5.60. The van der Waals surface area contributed by atoms with Crippen molar-refractivity contribution in [1.29, 1.82) is 0 Å². The van der Waals surface area contributed by atoms with E-state index in [1.807, 2.05) is 0 Å². The van der Waals surface area contributed by atoms with E-state index < -0.39 is 11.7 Å². The minimum Gasteiger partial charge on any atom is -0.487 e. The third-order valence-electron chi connectivity index (χ3n) is 2.72. The summed E-state index contributed by atoms with van der Waals surface area (Å²) in [4.78, 5) is 0. The molecular weight excluding hydrogens is 371 g/mol. The number of ether oxygens (including phenoxy) is 1. The van der Waals surface area contributed by atoms with Gasteiger partial charge in [-0.05, 0) is 30.3 Å². The number of alkyl halides is 3. The molecule has 0 amide bonds. The fraction of sp³-hybridized carbons (Fsp3) is 0.143. The SMILES string of the molecule is Nc1ccc(COc2cc(Br)ccc2Cl)c(C(F)(F)F)c1. The Labute approximate surface area is 132 Å². The van der Waals surface area contributed by atoms with E-state index in [0.29, 0.717) is 10.8 Å². The summed E-state index contributed by atoms with van der Waals surface area (Å²) in [5.74, 6) is 0.302. The van der Waals surface area contributed by atoms with Gasteiger partial charge < -0.3 is 10.5 Å². The Hall–Kier alpha value is -1.40. The Bertz CT molecular complexity index is 661. The summed E-state index contributed by atoms with van der Waals surface area (Å²) in [6, 6.07) is 8.47. The van der Waals surface area contributed by atoms with E-state index in [-0.39, 0.29) is 17.9 Å². The standard InChI is InChI=1S/C14H10BrClF3NO/c15-9-2-4-12(16)13(5-9)21-7-8-1-3-10(20)6-11(8)14(17,18)19/h1-6H,7,20H2. The van der Waals surface area contributed by atoms with Crippen molar-refractivity contribution in [2.24, 2.45) is 0 Å². The van der Waals surface area contributed by atoms with Crippen molar-refractivity contribution in [3.8, 4) is 5.75 Å². The third-order valence-corrected chi connectivity index (χ3v) is 3.52. The lowest BCUT2D eigenvalue weighted by Gasteiger charge is -2.15. The molecule has 2 N–H and O–H groups in total. The van der Waals surface area contributed by atoms with Crippen LogP contribution in [0.3, 0.4) is 0 Å². The van der Waals surface area contributed by atoms with Gasteiger partial charge in [0.25, 0.3) is 0 Å². The summed E-state index contributed by atoms with van der Waals surface area (Å²) in [6.07, 6.45) is -4.49. The molecule has 0 spiro atoms. The van der Waals surface area contributed by atoms with Crippen molar-refractivity contribution >= 4 is 33.2 Å². The van der Waals surface area contributed by atoms with Crippen LogP contribution in [0.25, 0.3) is 0 Å². The second-order valence-electron chi connectivity index (χ2n) is 4.28. The topological polar surface area (TPSA) is 35.2 Å². The Balaban J connectivity index is 2.26. The highest BCUT2D eigenvalue weighted by Crippen LogP contribution is 2.35. The summed E-state index contributed by atoms with van der Waals surface area (Å²) in [7, 11) is 0. The maximum Gasteiger partial charge on any atom is 0.416 e. The monoisotopic (exact) mass is 379 g/mol. The molecule has 21 heavy (non-hydrogen) atoms. The van der Waals surface area contributed by atoms with E-state index in [9.17, 15) is 13.2 Å². The molecular formula is C14H10BrClF3NO. The number of hydrogen-bond donors (Lipinski definition) is 1. The van der Waals surface area contributed by atoms with Gasteiger partial charge in [0.2, 0.25) is 0 Å². The molecule has 2 aromatic carbocycles. The molecule has 0 aliphatic carbocycles. The molecule has 0 heterocycles. The zero-order chi connectivity index (χ0) is 15.6. The van der Waals surface area contributed by atoms with Crippen LogP contribution in [-0.2, 0) is 12.8 Å². The van der Waals surface area contributed by atoms with Crippen molar-refractivity contribution in [2.75, 3.05) is 5.73 Å². The van der Waals surface area contributed by atoms with Gasteiger partial charge in [0, 0.05) is 15.7 Å². The molecule has 112 valence electrons. The summed E-state index contributed by atoms with van der Waals surface area (Å²) in [5.41, 5.74) is 4.64. The van der Waals surface area contributed by atoms with Gasteiger partial charge in [-0.3, -0.25) is 0 Å². The highest BCUT2D eigenvalue weighted by molar-refractivity contribution is 9.10. The van der Waals surface area contributed by atoms with Gasteiger partial charge in [-0.15, -0.1) is 0 Å². The molecule has 2 aromatic rings. The molecule has 0 aliphatic heterocycles. The Morgan fingerprint density at radius 3 is 2.52 bits per heavy atom. The summed E-state index contributed by atoms with van der Waals surface area (Å²) >= 11 is 9.17. The van der Waals surface area contributed by atoms with Crippen LogP contribution in [0.1, 0.15) is 11.1 Å². The third kappa shape index (κ3) is 4.04. The molecule has 0 aliphatic rings. The van der Waals surface area contributed by atoms with Crippen LogP contribution in [0.15, 0.2) is 40.9 Å². The summed E-state index contributed by atoms with van der Waals surface area (Å²) < 4.78 is 45.0. The van der Waals surface area contributed by atoms with Gasteiger partial charge in [0.15, 0.2) is 0 Å². The van der Waals surface area contributed by atoms with E-state index in [1.165, 1.54) is 12.1 Å². The van der Waals surface area contributed by atoms with Gasteiger partial charge in [-0.2, -0.15) is 13.2 Å². The molecule has 0 saturated carbocycles. The molecule has 0 aromatic heterocycles. The van der Waals surface area contributed by atoms with E-state index in [4.69, 9.17) is 22.1 Å². The molecule has 7 heteroatoms. The fourth-order valence-electron chi connectivity index (χ4n) is 1.73. The maximum absolute atomic E-state index is 13.0. The van der Waals surface area contributed by atoms with Crippen molar-refractivity contribution in [1.82, 2.24) is 0 Å². The zero-order valence-electron chi connectivity index (χ0n) is 10.5. The summed E-state index contributed by atoms with van der Waals surface area (Å²) in [6.45, 7) is -0.259. The van der Waals surface area contributed by atoms with E-state index >= 15 is 0 Å². The van der Waals surface area contributed by atoms with Crippen LogP contribution in [-0.4, -0.2) is 0 Å². The molecule has 0 fully saturated rings. The number of benzene rings is 2. The predicted molar refractivity (Wildman–Crippen MR) is 79.3 cm³/mol. The van der Waals surface area contributed by atoms with E-state index in [1.54, 1.807) is 18.2 Å². The quantitative estimate of drug-likeness (QED) is 0.735. The zero-order valence-corrected chi connectivity index (χ0v) is 12.9. The molecule has 0 saturated heterocycles. The maximum atomic E-state index is 13.0. The minimum atomic E-state index is -4.49. The molecule has 0 unspecified atom stereocenters. The van der Waals surface area contributed by atoms with Crippen LogP contribution in [0.2, 0.25) is 5.02 Å². The van der Waals surface area contributed by atoms with Crippen molar-refractivity contribution in [3.63, 3.8) is 0 Å². The van der Waals surface area contributed by atoms with Crippen LogP contribution < -0.4 is 10.5 Å². The number of hydrogen-bond acceptors (Lipinski definition) is 2. The van der Waals surface area contributed by atoms with E-state index in [0.717, 1.165) is 10.5 Å². The average Bonchev–Trinajstić information content (AvgIpc) is 2.40. The summed E-state index contributed by atoms with van der Waals surface area (Å²) in [5, 5.41) is 0.321. The molecule has 2 rings (SSSR count). The first-order chi connectivity index (χ1) is 9.77. The molecule has 0 bridgehead atoms. The Morgan fingerprint density at radius 2 is 1.86 bits per heavy atom. The van der Waals surface area contributed by atoms with E-state index in [2.05, 4.69) is 15.9 Å². The average molecular weight is 381 g/mol. The normalized spacial score (nSPS) is 11.5. The predicted octanol–water partition coefficient (Wildman–Crippen LogP) is 5.28. The largest absolute Gasteiger partial charge is 0.487 e. The lowest BCUT2D eigenvalue weighted by Crippen LogP contribution is -2.11. The van der Waals surface area contributed by atoms with Gasteiger partial charge in [-0.1, -0.05) is 33.6 Å². The fourth-order valence-corrected chi connectivity index (χ4v) is 2.24. The highest BCUT2D eigenvalue weighted by atomic mass is 79.9. The minimum absolute atomic E-state index is 0.00672. The van der Waals surface area contributed by atoms with Gasteiger partial charge in [0.05, 0.1) is 10.6 Å². The Morgan fingerprint density at radius 1 is 1.14 bits per heavy atom. The first-order valence-corrected chi connectivity index (χ1v) is 6.98. The number of rotatable bonds is 3. The van der Waals surface area contributed by atoms with Gasteiger partial charge >= 0.3 is 6.18 Å². The first-order valence-electron chi connectivity index (χ1n) is 5.81. The molecule has 0 radical (unpaired) electrons. The number of anilines is 1. The highest BCUT2D eigenvalue weighted by Gasteiger charge is 2.33. The van der Waals surface area contributed by atoms with Crippen LogP contribution >= 0.6 is 27.5 Å². The Kier molecular flexibility index (Phi) is 4.68. The molecule has 2 nitrogen and oxygen atoms in total.